The summed E-state index contributed by atoms with van der Waals surface area (Å²) in [5, 5.41) is 11.8. The number of aliphatic carboxylic acids is 1. The number of carbonyl (C=O) groups is 3. The van der Waals surface area contributed by atoms with E-state index in [1.54, 1.807) is 0 Å². The van der Waals surface area contributed by atoms with Crippen molar-refractivity contribution in [1.29, 1.82) is 0 Å². The van der Waals surface area contributed by atoms with E-state index in [2.05, 4.69) is 123 Å². The van der Waals surface area contributed by atoms with Gasteiger partial charge in [0.1, 0.15) is 13.2 Å². The summed E-state index contributed by atoms with van der Waals surface area (Å²) < 4.78 is 22.8. The van der Waals surface area contributed by atoms with E-state index < -0.39 is 24.3 Å². The minimum absolute atomic E-state index is 0.142. The van der Waals surface area contributed by atoms with Crippen molar-refractivity contribution in [3.05, 3.63) is 109 Å². The number of hydrogen-bond donors (Lipinski definition) is 0. The molecule has 9 heteroatoms. The second kappa shape index (κ2) is 62.0. The molecule has 0 aromatic rings. The lowest BCUT2D eigenvalue weighted by atomic mass is 10.0. The molecule has 0 aromatic heterocycles. The van der Waals surface area contributed by atoms with Crippen LogP contribution in [0, 0.1) is 0 Å². The van der Waals surface area contributed by atoms with Crippen molar-refractivity contribution in [3.8, 4) is 0 Å². The van der Waals surface area contributed by atoms with Gasteiger partial charge in [-0.3, -0.25) is 9.59 Å². The van der Waals surface area contributed by atoms with Gasteiger partial charge in [0.25, 0.3) is 0 Å². The fraction of sp³-hybridized carbons (Fsp3) is 0.708. The van der Waals surface area contributed by atoms with Crippen LogP contribution in [0.3, 0.4) is 0 Å². The molecule has 0 aliphatic heterocycles. The van der Waals surface area contributed by atoms with Gasteiger partial charge < -0.3 is 33.3 Å². The Kier molecular flexibility index (Phi) is 58.9. The maximum absolute atomic E-state index is 12.9. The van der Waals surface area contributed by atoms with Crippen LogP contribution in [0.4, 0.5) is 0 Å². The smallest absolute Gasteiger partial charge is 0.306 e. The first-order valence-corrected chi connectivity index (χ1v) is 33.0. The molecule has 0 heterocycles. The van der Waals surface area contributed by atoms with Gasteiger partial charge in [0.15, 0.2) is 12.4 Å². The van der Waals surface area contributed by atoms with Crippen molar-refractivity contribution >= 4 is 17.9 Å². The van der Waals surface area contributed by atoms with Crippen LogP contribution in [0.5, 0.6) is 0 Å². The molecular weight excluding hydrogens is 1010 g/mol. The van der Waals surface area contributed by atoms with Crippen LogP contribution in [-0.2, 0) is 33.3 Å². The van der Waals surface area contributed by atoms with Gasteiger partial charge in [-0.25, -0.2) is 0 Å². The first kappa shape index (κ1) is 77.0. The van der Waals surface area contributed by atoms with Gasteiger partial charge in [0.2, 0.25) is 0 Å². The zero-order chi connectivity index (χ0) is 59.1. The zero-order valence-corrected chi connectivity index (χ0v) is 52.9. The third-order valence-electron chi connectivity index (χ3n) is 14.0. The first-order chi connectivity index (χ1) is 39.6. The topological polar surface area (TPSA) is 111 Å². The molecule has 0 aromatic carbocycles. The highest BCUT2D eigenvalue weighted by Gasteiger charge is 2.22. The third-order valence-corrected chi connectivity index (χ3v) is 14.0. The molecule has 0 saturated carbocycles. The summed E-state index contributed by atoms with van der Waals surface area (Å²) in [6.45, 7) is 4.63. The third kappa shape index (κ3) is 63.4. The van der Waals surface area contributed by atoms with E-state index in [1.807, 2.05) is 21.1 Å². The fourth-order valence-corrected chi connectivity index (χ4v) is 8.96. The van der Waals surface area contributed by atoms with E-state index in [0.29, 0.717) is 17.4 Å². The van der Waals surface area contributed by atoms with Crippen molar-refractivity contribution in [2.45, 2.75) is 283 Å². The quantitative estimate of drug-likeness (QED) is 0.0195. The normalized spacial score (nSPS) is 13.4. The molecule has 0 spiro atoms. The van der Waals surface area contributed by atoms with Gasteiger partial charge >= 0.3 is 11.9 Å². The Balaban J connectivity index is 4.19. The Morgan fingerprint density at radius 2 is 0.704 bits per heavy atom. The number of ether oxygens (including phenoxy) is 4. The summed E-state index contributed by atoms with van der Waals surface area (Å²) >= 11 is 0. The Labute approximate surface area is 498 Å². The molecule has 0 aliphatic rings. The van der Waals surface area contributed by atoms with Crippen molar-refractivity contribution in [3.63, 3.8) is 0 Å². The summed E-state index contributed by atoms with van der Waals surface area (Å²) in [4.78, 5) is 37.4. The van der Waals surface area contributed by atoms with Crippen LogP contribution in [0.25, 0.3) is 0 Å². The average molecular weight is 1130 g/mol. The summed E-state index contributed by atoms with van der Waals surface area (Å²) in [6, 6.07) is 0. The Hall–Kier alpha value is -4.05. The lowest BCUT2D eigenvalue weighted by molar-refractivity contribution is -0.870. The van der Waals surface area contributed by atoms with E-state index >= 15 is 0 Å². The summed E-state index contributed by atoms with van der Waals surface area (Å²) in [5.74, 6) is -2.29. The molecule has 0 fully saturated rings. The number of quaternary nitrogens is 1. The minimum atomic E-state index is -1.63. The molecule has 2 atom stereocenters. The van der Waals surface area contributed by atoms with Crippen LogP contribution >= 0.6 is 0 Å². The number of esters is 2. The van der Waals surface area contributed by atoms with Crippen LogP contribution in [0.2, 0.25) is 0 Å². The van der Waals surface area contributed by atoms with Crippen molar-refractivity contribution in [2.24, 2.45) is 0 Å². The number of likely N-dealkylation sites (N-methyl/N-ethyl adjacent to an activating group) is 1. The monoisotopic (exact) mass is 1130 g/mol. The molecular formula is C72H123NO8. The highest BCUT2D eigenvalue weighted by atomic mass is 16.7. The van der Waals surface area contributed by atoms with E-state index in [9.17, 15) is 19.5 Å². The number of allylic oxidation sites excluding steroid dienone is 18. The Bertz CT molecular complexity index is 1700. The van der Waals surface area contributed by atoms with E-state index in [0.717, 1.165) is 89.9 Å². The van der Waals surface area contributed by atoms with Crippen LogP contribution in [0.1, 0.15) is 271 Å². The molecule has 464 valence electrons. The molecule has 0 bridgehead atoms. The molecule has 0 N–H and O–H groups in total. The maximum Gasteiger partial charge on any atom is 0.306 e. The summed E-state index contributed by atoms with van der Waals surface area (Å²) in [7, 11) is 5.92. The number of carboxylic acids is 1. The molecule has 0 saturated heterocycles. The predicted molar refractivity (Wildman–Crippen MR) is 343 cm³/mol. The maximum atomic E-state index is 12.9. The molecule has 9 nitrogen and oxygen atoms in total. The number of carbonyl (C=O) groups excluding carboxylic acids is 3. The number of carboxylic acid groups (broad SMARTS) is 1. The number of nitrogens with zero attached hydrogens (tertiary/aromatic N) is 1. The lowest BCUT2D eigenvalue weighted by Crippen LogP contribution is -2.44. The Morgan fingerprint density at radius 3 is 1.05 bits per heavy atom. The summed E-state index contributed by atoms with van der Waals surface area (Å²) in [5.41, 5.74) is 0. The average Bonchev–Trinajstić information content (AvgIpc) is 3.44. The largest absolute Gasteiger partial charge is 0.545 e. The second-order valence-corrected chi connectivity index (χ2v) is 23.0. The number of unbranched alkanes of at least 4 members (excludes halogenated alkanes) is 27. The minimum Gasteiger partial charge on any atom is -0.545 e. The molecule has 0 rings (SSSR count). The van der Waals surface area contributed by atoms with Crippen LogP contribution < -0.4 is 5.11 Å². The summed E-state index contributed by atoms with van der Waals surface area (Å²) in [6.07, 6.45) is 82.9. The zero-order valence-electron chi connectivity index (χ0n) is 52.9. The molecule has 0 amide bonds. The lowest BCUT2D eigenvalue weighted by Gasteiger charge is -2.26. The van der Waals surface area contributed by atoms with Gasteiger partial charge in [0, 0.05) is 12.8 Å². The van der Waals surface area contributed by atoms with E-state index in [4.69, 9.17) is 18.9 Å². The van der Waals surface area contributed by atoms with Gasteiger partial charge in [0.05, 0.1) is 40.3 Å². The van der Waals surface area contributed by atoms with Gasteiger partial charge in [-0.1, -0.05) is 264 Å². The second-order valence-electron chi connectivity index (χ2n) is 23.0. The molecule has 2 unspecified atom stereocenters. The SMILES string of the molecule is CC/C=C\C/C=C\C/C=C\C/C=C\C/C=C\C/C=C\CCCCCCCCCCCCCCC(=O)OC(COC(=O)CCCCCCCCCCCC/C=C\C/C=C\C/C=C\CCCCCCC)COC(OCC[N+](C)(C)C)C(=O)[O-]. The predicted octanol–water partition coefficient (Wildman–Crippen LogP) is 18.9. The molecule has 0 aliphatic carbocycles. The van der Waals surface area contributed by atoms with E-state index in [-0.39, 0.29) is 38.6 Å². The van der Waals surface area contributed by atoms with E-state index in [1.165, 1.54) is 148 Å². The van der Waals surface area contributed by atoms with Gasteiger partial charge in [-0.2, -0.15) is 0 Å². The molecule has 81 heavy (non-hydrogen) atoms. The Morgan fingerprint density at radius 1 is 0.383 bits per heavy atom. The first-order valence-electron chi connectivity index (χ1n) is 33.0. The molecule has 0 radical (unpaired) electrons. The number of rotatable bonds is 60. The van der Waals surface area contributed by atoms with Crippen molar-refractivity contribution in [1.82, 2.24) is 0 Å². The highest BCUT2D eigenvalue weighted by Crippen LogP contribution is 2.16. The van der Waals surface area contributed by atoms with Crippen LogP contribution in [-0.4, -0.2) is 82.3 Å². The van der Waals surface area contributed by atoms with Crippen molar-refractivity contribution < 1.29 is 42.9 Å². The fourth-order valence-electron chi connectivity index (χ4n) is 8.96. The van der Waals surface area contributed by atoms with Crippen molar-refractivity contribution in [2.75, 3.05) is 47.5 Å². The van der Waals surface area contributed by atoms with Gasteiger partial charge in [-0.05, 0) is 103 Å². The highest BCUT2D eigenvalue weighted by molar-refractivity contribution is 5.70. The number of hydrogen-bond acceptors (Lipinski definition) is 8. The standard InChI is InChI=1S/C72H123NO8/c1-6-8-10-12-14-16-18-20-22-24-26-28-30-32-33-34-35-36-37-39-41-43-45-47-49-51-53-55-57-59-61-63-70(75)81-68(67-80-72(71(76)77)78-65-64-73(3,4)5)66-79-69(74)62-60-58-56-54-52-50-48-46-44-42-40-38-31-29-27-25-23-21-19-17-15-13-11-9-7-2/h8,10,14,16,19-22,25-28,31-33,35-36,38,68,72H,6-7,9,11-13,15,17-18,23-24,29-30,34,37,39-67H2,1-5H3/b10-8-,16-14-,21-19-,22-20-,27-25-,28-26-,33-32-,36-35-,38-31-. The van der Waals surface area contributed by atoms with Crippen LogP contribution in [0.15, 0.2) is 109 Å². The van der Waals surface area contributed by atoms with Gasteiger partial charge in [-0.15, -0.1) is 0 Å².